The summed E-state index contributed by atoms with van der Waals surface area (Å²) in [6, 6.07) is 10.1. The molecule has 2 aliphatic rings. The molecule has 4 rings (SSSR count). The minimum Gasteiger partial charge on any atom is -0.506 e. The van der Waals surface area contributed by atoms with E-state index in [2.05, 4.69) is 18.0 Å². The van der Waals surface area contributed by atoms with Gasteiger partial charge in [0.2, 0.25) is 0 Å². The van der Waals surface area contributed by atoms with E-state index in [9.17, 15) is 9.90 Å². The Hall–Kier alpha value is -1.84. The number of rotatable bonds is 1. The second-order valence-corrected chi connectivity index (χ2v) is 7.26. The number of hydrogen-bond donors (Lipinski definition) is 1. The SMILES string of the molecule is CC.CN1CCc2cc(Cl)c(O)cc2C2c3cccc(C=O)c3CCC21. The van der Waals surface area contributed by atoms with Crippen LogP contribution in [0.1, 0.15) is 58.8 Å². The van der Waals surface area contributed by atoms with Crippen molar-refractivity contribution in [2.75, 3.05) is 13.6 Å². The zero-order chi connectivity index (χ0) is 18.8. The van der Waals surface area contributed by atoms with E-state index >= 15 is 0 Å². The number of phenols is 1. The highest BCUT2D eigenvalue weighted by molar-refractivity contribution is 6.32. The third kappa shape index (κ3) is 3.15. The normalized spacial score (nSPS) is 21.4. The highest BCUT2D eigenvalue weighted by Crippen LogP contribution is 2.44. The van der Waals surface area contributed by atoms with Crippen LogP contribution in [0.5, 0.6) is 5.75 Å². The molecule has 0 spiro atoms. The lowest BCUT2D eigenvalue weighted by molar-refractivity contribution is 0.112. The smallest absolute Gasteiger partial charge is 0.150 e. The Balaban J connectivity index is 0.000000948. The van der Waals surface area contributed by atoms with Crippen molar-refractivity contribution in [2.24, 2.45) is 0 Å². The lowest BCUT2D eigenvalue weighted by atomic mass is 9.73. The summed E-state index contributed by atoms with van der Waals surface area (Å²) < 4.78 is 0. The molecule has 2 atom stereocenters. The van der Waals surface area contributed by atoms with Crippen LogP contribution in [0.2, 0.25) is 5.02 Å². The van der Waals surface area contributed by atoms with E-state index in [1.54, 1.807) is 0 Å². The van der Waals surface area contributed by atoms with E-state index in [-0.39, 0.29) is 11.7 Å². The fraction of sp³-hybridized carbons (Fsp3) is 0.409. The lowest BCUT2D eigenvalue weighted by Crippen LogP contribution is -2.39. The molecule has 1 N–H and O–H groups in total. The van der Waals surface area contributed by atoms with Crippen molar-refractivity contribution in [1.29, 1.82) is 0 Å². The molecule has 1 heterocycles. The van der Waals surface area contributed by atoms with Crippen molar-refractivity contribution in [3.8, 4) is 5.75 Å². The van der Waals surface area contributed by atoms with E-state index in [0.717, 1.165) is 48.8 Å². The summed E-state index contributed by atoms with van der Waals surface area (Å²) in [6.07, 6.45) is 3.81. The average molecular weight is 372 g/mol. The molecular weight excluding hydrogens is 346 g/mol. The molecule has 2 unspecified atom stereocenters. The number of likely N-dealkylation sites (N-methyl/N-ethyl adjacent to an activating group) is 1. The predicted octanol–water partition coefficient (Wildman–Crippen LogP) is 4.82. The van der Waals surface area contributed by atoms with Crippen LogP contribution < -0.4 is 0 Å². The number of benzene rings is 2. The molecule has 138 valence electrons. The van der Waals surface area contributed by atoms with Crippen molar-refractivity contribution in [1.82, 2.24) is 4.90 Å². The number of halogens is 1. The lowest BCUT2D eigenvalue weighted by Gasteiger charge is -2.38. The van der Waals surface area contributed by atoms with E-state index in [1.807, 2.05) is 38.1 Å². The molecule has 3 nitrogen and oxygen atoms in total. The number of phenolic OH excluding ortho intramolecular Hbond substituents is 1. The monoisotopic (exact) mass is 371 g/mol. The minimum absolute atomic E-state index is 0.136. The van der Waals surface area contributed by atoms with Crippen LogP contribution in [0.25, 0.3) is 0 Å². The fourth-order valence-corrected chi connectivity index (χ4v) is 4.60. The summed E-state index contributed by atoms with van der Waals surface area (Å²) in [5, 5.41) is 10.6. The van der Waals surface area contributed by atoms with Crippen LogP contribution >= 0.6 is 11.6 Å². The average Bonchev–Trinajstić information content (AvgIpc) is 2.81. The first-order valence-corrected chi connectivity index (χ1v) is 9.76. The zero-order valence-corrected chi connectivity index (χ0v) is 16.4. The summed E-state index contributed by atoms with van der Waals surface area (Å²) in [7, 11) is 2.17. The van der Waals surface area contributed by atoms with Gasteiger partial charge in [-0.05, 0) is 60.7 Å². The molecule has 0 amide bonds. The molecule has 1 aliphatic heterocycles. The van der Waals surface area contributed by atoms with Crippen molar-refractivity contribution >= 4 is 17.9 Å². The maximum absolute atomic E-state index is 11.4. The molecule has 1 aliphatic carbocycles. The Labute approximate surface area is 160 Å². The second kappa shape index (κ2) is 7.81. The first-order chi connectivity index (χ1) is 12.6. The van der Waals surface area contributed by atoms with Gasteiger partial charge in [-0.25, -0.2) is 0 Å². The fourth-order valence-electron chi connectivity index (χ4n) is 4.42. The van der Waals surface area contributed by atoms with Gasteiger partial charge in [0, 0.05) is 24.1 Å². The maximum Gasteiger partial charge on any atom is 0.150 e. The van der Waals surface area contributed by atoms with Crippen LogP contribution in [0.4, 0.5) is 0 Å². The Morgan fingerprint density at radius 1 is 1.19 bits per heavy atom. The number of aromatic hydroxyl groups is 1. The molecule has 0 bridgehead atoms. The molecule has 2 aromatic carbocycles. The van der Waals surface area contributed by atoms with Gasteiger partial charge in [-0.3, -0.25) is 4.79 Å². The zero-order valence-electron chi connectivity index (χ0n) is 15.6. The number of nitrogens with zero attached hydrogens (tertiary/aromatic N) is 1. The highest BCUT2D eigenvalue weighted by Gasteiger charge is 2.37. The van der Waals surface area contributed by atoms with E-state index in [0.29, 0.717) is 11.1 Å². The van der Waals surface area contributed by atoms with Gasteiger partial charge in [-0.2, -0.15) is 0 Å². The van der Waals surface area contributed by atoms with Crippen LogP contribution in [0, 0.1) is 0 Å². The second-order valence-electron chi connectivity index (χ2n) is 6.85. The largest absolute Gasteiger partial charge is 0.506 e. The van der Waals surface area contributed by atoms with Gasteiger partial charge in [0.1, 0.15) is 12.0 Å². The molecule has 0 saturated carbocycles. The van der Waals surface area contributed by atoms with Crippen molar-refractivity contribution in [3.63, 3.8) is 0 Å². The van der Waals surface area contributed by atoms with Gasteiger partial charge in [0.25, 0.3) is 0 Å². The minimum atomic E-state index is 0.136. The highest BCUT2D eigenvalue weighted by atomic mass is 35.5. The Bertz CT molecular complexity index is 818. The third-order valence-electron chi connectivity index (χ3n) is 5.63. The number of fused-ring (bicyclic) bond motifs is 5. The summed E-state index contributed by atoms with van der Waals surface area (Å²) in [6.45, 7) is 4.97. The van der Waals surface area contributed by atoms with Crippen LogP contribution in [-0.4, -0.2) is 35.9 Å². The first kappa shape index (κ1) is 18.9. The predicted molar refractivity (Wildman–Crippen MR) is 107 cm³/mol. The van der Waals surface area contributed by atoms with Crippen LogP contribution in [0.15, 0.2) is 30.3 Å². The van der Waals surface area contributed by atoms with E-state index < -0.39 is 0 Å². The topological polar surface area (TPSA) is 40.5 Å². The van der Waals surface area contributed by atoms with E-state index in [1.165, 1.54) is 11.1 Å². The number of aldehydes is 1. The molecule has 0 fully saturated rings. The van der Waals surface area contributed by atoms with Crippen LogP contribution in [-0.2, 0) is 12.8 Å². The Kier molecular flexibility index (Phi) is 5.69. The van der Waals surface area contributed by atoms with Gasteiger partial charge in [0.15, 0.2) is 0 Å². The van der Waals surface area contributed by atoms with Gasteiger partial charge >= 0.3 is 0 Å². The third-order valence-corrected chi connectivity index (χ3v) is 5.93. The quantitative estimate of drug-likeness (QED) is 0.730. The summed E-state index contributed by atoms with van der Waals surface area (Å²) in [4.78, 5) is 13.9. The molecule has 0 radical (unpaired) electrons. The Morgan fingerprint density at radius 3 is 2.69 bits per heavy atom. The summed E-state index contributed by atoms with van der Waals surface area (Å²) >= 11 is 6.15. The standard InChI is InChI=1S/C20H20ClNO2.C2H6/c1-22-8-7-12-9-17(21)19(24)10-16(12)20-15-4-2-3-13(11-23)14(15)5-6-18(20)22;1-2/h2-4,9-11,18,20,24H,5-8H2,1H3;1-2H3. The molecule has 4 heteroatoms. The van der Waals surface area contributed by atoms with Crippen LogP contribution in [0.3, 0.4) is 0 Å². The molecule has 0 saturated heterocycles. The van der Waals surface area contributed by atoms with Gasteiger partial charge in [-0.1, -0.05) is 43.6 Å². The van der Waals surface area contributed by atoms with Gasteiger partial charge in [0.05, 0.1) is 5.02 Å². The first-order valence-electron chi connectivity index (χ1n) is 9.38. The molecule has 2 aromatic rings. The van der Waals surface area contributed by atoms with Crippen molar-refractivity contribution in [2.45, 2.75) is 45.1 Å². The van der Waals surface area contributed by atoms with Gasteiger partial charge < -0.3 is 10.0 Å². The molecule has 26 heavy (non-hydrogen) atoms. The number of hydrogen-bond acceptors (Lipinski definition) is 3. The van der Waals surface area contributed by atoms with E-state index in [4.69, 9.17) is 11.6 Å². The summed E-state index contributed by atoms with van der Waals surface area (Å²) in [5.41, 5.74) is 5.51. The Morgan fingerprint density at radius 2 is 1.96 bits per heavy atom. The summed E-state index contributed by atoms with van der Waals surface area (Å²) in [5.74, 6) is 0.303. The number of carbonyl (C=O) groups excluding carboxylic acids is 1. The molecular formula is C22H26ClNO2. The van der Waals surface area contributed by atoms with Crippen molar-refractivity contribution in [3.05, 3.63) is 63.2 Å². The van der Waals surface area contributed by atoms with Gasteiger partial charge in [-0.15, -0.1) is 0 Å². The number of carbonyl (C=O) groups is 1. The molecule has 0 aromatic heterocycles. The van der Waals surface area contributed by atoms with Crippen molar-refractivity contribution < 1.29 is 9.90 Å². The maximum atomic E-state index is 11.4.